The number of carbonyl (C=O) groups is 1. The van der Waals surface area contributed by atoms with Gasteiger partial charge in [-0.25, -0.2) is 4.98 Å². The predicted molar refractivity (Wildman–Crippen MR) is 41.3 cm³/mol. The van der Waals surface area contributed by atoms with Crippen LogP contribution < -0.4 is 0 Å². The monoisotopic (exact) mass is 156 g/mol. The second-order valence-corrected chi connectivity index (χ2v) is 1.91. The molecule has 0 amide bonds. The first-order chi connectivity index (χ1) is 5.16. The van der Waals surface area contributed by atoms with Crippen molar-refractivity contribution in [2.75, 3.05) is 0 Å². The molecule has 0 spiro atoms. The fourth-order valence-electron chi connectivity index (χ4n) is 0.491. The zero-order valence-electron chi connectivity index (χ0n) is 6.66. The van der Waals surface area contributed by atoms with Gasteiger partial charge in [0.2, 0.25) is 0 Å². The Hall–Kier alpha value is -1.32. The van der Waals surface area contributed by atoms with Gasteiger partial charge in [0.05, 0.1) is 0 Å². The molecule has 0 fully saturated rings. The molecule has 1 aromatic rings. The van der Waals surface area contributed by atoms with Crippen LogP contribution in [0.1, 0.15) is 19.7 Å². The van der Waals surface area contributed by atoms with Gasteiger partial charge in [-0.05, 0) is 0 Å². The first-order valence-electron chi connectivity index (χ1n) is 3.34. The molecule has 4 heteroatoms. The number of hydrogen-bond donors (Lipinski definition) is 2. The number of carboxylic acid groups (broad SMARTS) is 1. The van der Waals surface area contributed by atoms with Gasteiger partial charge in [-0.1, -0.05) is 6.92 Å². The van der Waals surface area contributed by atoms with E-state index in [1.54, 1.807) is 6.20 Å². The summed E-state index contributed by atoms with van der Waals surface area (Å²) in [7, 11) is 0. The van der Waals surface area contributed by atoms with Gasteiger partial charge in [0.25, 0.3) is 5.97 Å². The molecule has 0 radical (unpaired) electrons. The lowest BCUT2D eigenvalue weighted by atomic mass is 10.5. The SMILES string of the molecule is CC(=O)O.CCc1ncc[nH]1. The summed E-state index contributed by atoms with van der Waals surface area (Å²) in [6.45, 7) is 3.15. The highest BCUT2D eigenvalue weighted by Gasteiger charge is 1.82. The van der Waals surface area contributed by atoms with E-state index in [2.05, 4.69) is 16.9 Å². The smallest absolute Gasteiger partial charge is 0.300 e. The third-order valence-corrected chi connectivity index (χ3v) is 0.890. The minimum atomic E-state index is -0.833. The second kappa shape index (κ2) is 5.46. The molecule has 0 unspecified atom stereocenters. The summed E-state index contributed by atoms with van der Waals surface area (Å²) < 4.78 is 0. The highest BCUT2D eigenvalue weighted by atomic mass is 16.4. The van der Waals surface area contributed by atoms with Crippen LogP contribution in [0, 0.1) is 0 Å². The molecule has 0 aromatic carbocycles. The van der Waals surface area contributed by atoms with Gasteiger partial charge in [0, 0.05) is 25.7 Å². The van der Waals surface area contributed by atoms with E-state index in [9.17, 15) is 0 Å². The molecule has 1 aromatic heterocycles. The number of carboxylic acids is 1. The van der Waals surface area contributed by atoms with E-state index < -0.39 is 5.97 Å². The number of nitrogens with zero attached hydrogens (tertiary/aromatic N) is 1. The molecule has 0 aliphatic rings. The van der Waals surface area contributed by atoms with Crippen LogP contribution in [0.3, 0.4) is 0 Å². The van der Waals surface area contributed by atoms with Gasteiger partial charge in [-0.2, -0.15) is 0 Å². The lowest BCUT2D eigenvalue weighted by molar-refractivity contribution is -0.134. The quantitative estimate of drug-likeness (QED) is 0.639. The van der Waals surface area contributed by atoms with E-state index >= 15 is 0 Å². The lowest BCUT2D eigenvalue weighted by Crippen LogP contribution is -1.78. The number of imidazole rings is 1. The fraction of sp³-hybridized carbons (Fsp3) is 0.429. The summed E-state index contributed by atoms with van der Waals surface area (Å²) in [5, 5.41) is 7.42. The van der Waals surface area contributed by atoms with E-state index in [-0.39, 0.29) is 0 Å². The van der Waals surface area contributed by atoms with Crippen molar-refractivity contribution in [2.45, 2.75) is 20.3 Å². The van der Waals surface area contributed by atoms with Crippen molar-refractivity contribution in [1.29, 1.82) is 0 Å². The van der Waals surface area contributed by atoms with Gasteiger partial charge in [0.1, 0.15) is 5.82 Å². The molecule has 62 valence electrons. The number of rotatable bonds is 1. The maximum atomic E-state index is 9.00. The van der Waals surface area contributed by atoms with Crippen LogP contribution in [-0.2, 0) is 11.2 Å². The number of H-pyrrole nitrogens is 1. The van der Waals surface area contributed by atoms with Crippen LogP contribution >= 0.6 is 0 Å². The highest BCUT2D eigenvalue weighted by Crippen LogP contribution is 1.85. The normalized spacial score (nSPS) is 8.18. The van der Waals surface area contributed by atoms with E-state index in [1.807, 2.05) is 6.20 Å². The first kappa shape index (κ1) is 9.68. The van der Waals surface area contributed by atoms with Crippen LogP contribution in [0.25, 0.3) is 0 Å². The van der Waals surface area contributed by atoms with Crippen molar-refractivity contribution in [3.63, 3.8) is 0 Å². The van der Waals surface area contributed by atoms with Gasteiger partial charge in [-0.3, -0.25) is 4.79 Å². The third kappa shape index (κ3) is 6.57. The molecule has 0 aliphatic carbocycles. The summed E-state index contributed by atoms with van der Waals surface area (Å²) in [5.41, 5.74) is 0. The number of aromatic nitrogens is 2. The van der Waals surface area contributed by atoms with Gasteiger partial charge in [-0.15, -0.1) is 0 Å². The standard InChI is InChI=1S/C5H8N2.C2H4O2/c1-2-5-6-3-4-7-5;1-2(3)4/h3-4H,2H2,1H3,(H,6,7);1H3,(H,3,4). The summed E-state index contributed by atoms with van der Waals surface area (Å²) in [6, 6.07) is 0. The molecular weight excluding hydrogens is 144 g/mol. The summed E-state index contributed by atoms with van der Waals surface area (Å²) in [6.07, 6.45) is 4.59. The molecule has 0 saturated carbocycles. The summed E-state index contributed by atoms with van der Waals surface area (Å²) >= 11 is 0. The number of aromatic amines is 1. The van der Waals surface area contributed by atoms with E-state index in [4.69, 9.17) is 9.90 Å². The molecule has 2 N–H and O–H groups in total. The molecular formula is C7H12N2O2. The van der Waals surface area contributed by atoms with E-state index in [1.165, 1.54) is 0 Å². The molecule has 4 nitrogen and oxygen atoms in total. The highest BCUT2D eigenvalue weighted by molar-refractivity contribution is 5.62. The number of hydrogen-bond acceptors (Lipinski definition) is 2. The number of nitrogens with one attached hydrogen (secondary N) is 1. The lowest BCUT2D eigenvalue weighted by Gasteiger charge is -1.79. The molecule has 1 rings (SSSR count). The van der Waals surface area contributed by atoms with Gasteiger partial charge < -0.3 is 10.1 Å². The Kier molecular flexibility index (Phi) is 4.81. The van der Waals surface area contributed by atoms with Crippen molar-refractivity contribution >= 4 is 5.97 Å². The van der Waals surface area contributed by atoms with Crippen LogP contribution in [0.2, 0.25) is 0 Å². The molecule has 11 heavy (non-hydrogen) atoms. The third-order valence-electron chi connectivity index (χ3n) is 0.890. The average Bonchev–Trinajstić information content (AvgIpc) is 2.36. The maximum Gasteiger partial charge on any atom is 0.300 e. The van der Waals surface area contributed by atoms with Crippen LogP contribution in [0.15, 0.2) is 12.4 Å². The van der Waals surface area contributed by atoms with Crippen molar-refractivity contribution in [3.8, 4) is 0 Å². The molecule has 0 aliphatic heterocycles. The summed E-state index contributed by atoms with van der Waals surface area (Å²) in [4.78, 5) is 16.0. The van der Waals surface area contributed by atoms with Crippen LogP contribution in [-0.4, -0.2) is 21.0 Å². The Morgan fingerprint density at radius 2 is 2.36 bits per heavy atom. The van der Waals surface area contributed by atoms with Gasteiger partial charge in [0.15, 0.2) is 0 Å². The Balaban J connectivity index is 0.000000218. The Morgan fingerprint density at radius 1 is 1.82 bits per heavy atom. The second-order valence-electron chi connectivity index (χ2n) is 1.91. The molecule has 0 saturated heterocycles. The fourth-order valence-corrected chi connectivity index (χ4v) is 0.491. The Bertz CT molecular complexity index is 190. The maximum absolute atomic E-state index is 9.00. The summed E-state index contributed by atoms with van der Waals surface area (Å²) in [5.74, 6) is 0.222. The van der Waals surface area contributed by atoms with Crippen LogP contribution in [0.5, 0.6) is 0 Å². The minimum absolute atomic E-state index is 0.833. The zero-order valence-corrected chi connectivity index (χ0v) is 6.66. The van der Waals surface area contributed by atoms with E-state index in [0.29, 0.717) is 0 Å². The van der Waals surface area contributed by atoms with E-state index in [0.717, 1.165) is 19.2 Å². The van der Waals surface area contributed by atoms with Gasteiger partial charge >= 0.3 is 0 Å². The average molecular weight is 156 g/mol. The van der Waals surface area contributed by atoms with Crippen molar-refractivity contribution in [2.24, 2.45) is 0 Å². The Labute approximate surface area is 65.3 Å². The van der Waals surface area contributed by atoms with Crippen LogP contribution in [0.4, 0.5) is 0 Å². The predicted octanol–water partition coefficient (Wildman–Crippen LogP) is 1.06. The largest absolute Gasteiger partial charge is 0.481 e. The molecule has 0 bridgehead atoms. The topological polar surface area (TPSA) is 66.0 Å². The zero-order chi connectivity index (χ0) is 8.69. The Morgan fingerprint density at radius 3 is 2.55 bits per heavy atom. The van der Waals surface area contributed by atoms with Crippen molar-refractivity contribution in [3.05, 3.63) is 18.2 Å². The van der Waals surface area contributed by atoms with Crippen molar-refractivity contribution < 1.29 is 9.90 Å². The first-order valence-corrected chi connectivity index (χ1v) is 3.34. The van der Waals surface area contributed by atoms with Crippen molar-refractivity contribution in [1.82, 2.24) is 9.97 Å². The minimum Gasteiger partial charge on any atom is -0.481 e. The molecule has 1 heterocycles. The number of aryl methyl sites for hydroxylation is 1. The molecule has 0 atom stereocenters. The number of aliphatic carboxylic acids is 1.